The summed E-state index contributed by atoms with van der Waals surface area (Å²) in [6.45, 7) is 5.56. The highest BCUT2D eigenvalue weighted by Crippen LogP contribution is 2.12. The third kappa shape index (κ3) is 5.71. The number of rotatable bonds is 8. The summed E-state index contributed by atoms with van der Waals surface area (Å²) in [6.07, 6.45) is 3.85. The second-order valence-corrected chi connectivity index (χ2v) is 4.31. The first-order valence-electron chi connectivity index (χ1n) is 6.74. The zero-order valence-corrected chi connectivity index (χ0v) is 11.4. The molecule has 18 heavy (non-hydrogen) atoms. The molecule has 0 aromatic heterocycles. The lowest BCUT2D eigenvalue weighted by Gasteiger charge is -2.06. The molecule has 0 aliphatic rings. The minimum absolute atomic E-state index is 0.0928. The minimum Gasteiger partial charge on any atom is -0.494 e. The van der Waals surface area contributed by atoms with Crippen molar-refractivity contribution in [3.05, 3.63) is 29.8 Å². The Kier molecular flexibility index (Phi) is 6.92. The highest BCUT2D eigenvalue weighted by atomic mass is 16.5. The summed E-state index contributed by atoms with van der Waals surface area (Å²) in [5.74, 6) is 0.944. The lowest BCUT2D eigenvalue weighted by atomic mass is 10.1. The van der Waals surface area contributed by atoms with Gasteiger partial charge in [0.15, 0.2) is 0 Å². The molecular weight excluding hydrogens is 226 g/mol. The van der Waals surface area contributed by atoms with Crippen molar-refractivity contribution in [2.45, 2.75) is 39.5 Å². The van der Waals surface area contributed by atoms with Gasteiger partial charge in [-0.3, -0.25) is 4.79 Å². The fourth-order valence-electron chi connectivity index (χ4n) is 1.72. The van der Waals surface area contributed by atoms with Crippen LogP contribution in [-0.4, -0.2) is 19.1 Å². The van der Waals surface area contributed by atoms with Crippen LogP contribution in [0.25, 0.3) is 0 Å². The predicted octanol–water partition coefficient (Wildman–Crippen LogP) is 2.93. The Morgan fingerprint density at radius 2 is 1.89 bits per heavy atom. The summed E-state index contributed by atoms with van der Waals surface area (Å²) in [7, 11) is 0. The van der Waals surface area contributed by atoms with Crippen LogP contribution in [0.2, 0.25) is 0 Å². The molecule has 1 amide bonds. The Labute approximate surface area is 110 Å². The van der Waals surface area contributed by atoms with Gasteiger partial charge in [-0.25, -0.2) is 0 Å². The van der Waals surface area contributed by atoms with Crippen molar-refractivity contribution in [2.24, 2.45) is 0 Å². The molecule has 1 aromatic carbocycles. The van der Waals surface area contributed by atoms with Gasteiger partial charge in [0.1, 0.15) is 5.75 Å². The number of carbonyl (C=O) groups excluding carboxylic acids is 1. The fourth-order valence-corrected chi connectivity index (χ4v) is 1.72. The molecule has 0 aliphatic carbocycles. The zero-order chi connectivity index (χ0) is 13.2. The van der Waals surface area contributed by atoms with E-state index < -0.39 is 0 Å². The number of amides is 1. The summed E-state index contributed by atoms with van der Waals surface area (Å²) < 4.78 is 5.36. The monoisotopic (exact) mass is 249 g/mol. The number of nitrogens with one attached hydrogen (secondary N) is 1. The van der Waals surface area contributed by atoms with Gasteiger partial charge in [0, 0.05) is 6.54 Å². The topological polar surface area (TPSA) is 38.3 Å². The molecule has 100 valence electrons. The molecule has 0 spiro atoms. The second-order valence-electron chi connectivity index (χ2n) is 4.31. The molecule has 0 saturated heterocycles. The van der Waals surface area contributed by atoms with Gasteiger partial charge in [-0.2, -0.15) is 0 Å². The summed E-state index contributed by atoms with van der Waals surface area (Å²) in [5, 5.41) is 2.94. The summed E-state index contributed by atoms with van der Waals surface area (Å²) >= 11 is 0. The maximum Gasteiger partial charge on any atom is 0.224 e. The third-order valence-electron chi connectivity index (χ3n) is 2.70. The van der Waals surface area contributed by atoms with Gasteiger partial charge in [0.05, 0.1) is 13.0 Å². The SMILES string of the molecule is CCCCCNC(=O)Cc1ccc(OCC)cc1. The van der Waals surface area contributed by atoms with E-state index in [1.54, 1.807) is 0 Å². The molecule has 1 rings (SSSR count). The van der Waals surface area contributed by atoms with Crippen molar-refractivity contribution in [1.82, 2.24) is 5.32 Å². The van der Waals surface area contributed by atoms with E-state index in [1.165, 1.54) is 12.8 Å². The highest BCUT2D eigenvalue weighted by molar-refractivity contribution is 5.78. The molecular formula is C15H23NO2. The number of benzene rings is 1. The standard InChI is InChI=1S/C15H23NO2/c1-3-5-6-11-16-15(17)12-13-7-9-14(10-8-13)18-4-2/h7-10H,3-6,11-12H2,1-2H3,(H,16,17). The molecule has 0 unspecified atom stereocenters. The normalized spacial score (nSPS) is 10.1. The van der Waals surface area contributed by atoms with Gasteiger partial charge >= 0.3 is 0 Å². The van der Waals surface area contributed by atoms with Gasteiger partial charge in [-0.1, -0.05) is 31.9 Å². The molecule has 0 atom stereocenters. The van der Waals surface area contributed by atoms with E-state index in [1.807, 2.05) is 31.2 Å². The average Bonchev–Trinajstić information content (AvgIpc) is 2.37. The van der Waals surface area contributed by atoms with Crippen molar-refractivity contribution in [1.29, 1.82) is 0 Å². The summed E-state index contributed by atoms with van der Waals surface area (Å²) in [4.78, 5) is 11.6. The van der Waals surface area contributed by atoms with E-state index in [0.717, 1.165) is 24.3 Å². The first-order chi connectivity index (χ1) is 8.76. The maximum atomic E-state index is 11.6. The number of hydrogen-bond acceptors (Lipinski definition) is 2. The van der Waals surface area contributed by atoms with Crippen LogP contribution in [-0.2, 0) is 11.2 Å². The first-order valence-corrected chi connectivity index (χ1v) is 6.74. The Hall–Kier alpha value is -1.51. The van der Waals surface area contributed by atoms with Gasteiger partial charge in [-0.05, 0) is 31.0 Å². The van der Waals surface area contributed by atoms with Crippen LogP contribution in [0, 0.1) is 0 Å². The van der Waals surface area contributed by atoms with Crippen molar-refractivity contribution in [3.63, 3.8) is 0 Å². The van der Waals surface area contributed by atoms with Crippen molar-refractivity contribution in [3.8, 4) is 5.75 Å². The van der Waals surface area contributed by atoms with Crippen LogP contribution in [0.15, 0.2) is 24.3 Å². The van der Waals surface area contributed by atoms with Gasteiger partial charge in [0.25, 0.3) is 0 Å². The quantitative estimate of drug-likeness (QED) is 0.719. The van der Waals surface area contributed by atoms with Crippen LogP contribution in [0.4, 0.5) is 0 Å². The van der Waals surface area contributed by atoms with E-state index in [2.05, 4.69) is 12.2 Å². The van der Waals surface area contributed by atoms with E-state index in [9.17, 15) is 4.79 Å². The van der Waals surface area contributed by atoms with Crippen LogP contribution in [0.1, 0.15) is 38.7 Å². The summed E-state index contributed by atoms with van der Waals surface area (Å²) in [5.41, 5.74) is 1.02. The maximum absolute atomic E-state index is 11.6. The zero-order valence-electron chi connectivity index (χ0n) is 11.4. The fraction of sp³-hybridized carbons (Fsp3) is 0.533. The molecule has 1 N–H and O–H groups in total. The van der Waals surface area contributed by atoms with E-state index >= 15 is 0 Å². The molecule has 3 nitrogen and oxygen atoms in total. The van der Waals surface area contributed by atoms with Gasteiger partial charge in [0.2, 0.25) is 5.91 Å². The lowest BCUT2D eigenvalue weighted by molar-refractivity contribution is -0.120. The summed E-state index contributed by atoms with van der Waals surface area (Å²) in [6, 6.07) is 7.69. The predicted molar refractivity (Wildman–Crippen MR) is 73.8 cm³/mol. The first kappa shape index (κ1) is 14.6. The molecule has 0 aliphatic heterocycles. The van der Waals surface area contributed by atoms with Crippen molar-refractivity contribution < 1.29 is 9.53 Å². The molecule has 0 radical (unpaired) electrons. The number of unbranched alkanes of at least 4 members (excludes halogenated alkanes) is 2. The minimum atomic E-state index is 0.0928. The van der Waals surface area contributed by atoms with Gasteiger partial charge < -0.3 is 10.1 Å². The molecule has 0 heterocycles. The van der Waals surface area contributed by atoms with Crippen molar-refractivity contribution >= 4 is 5.91 Å². The van der Waals surface area contributed by atoms with Crippen LogP contribution < -0.4 is 10.1 Å². The van der Waals surface area contributed by atoms with Crippen LogP contribution in [0.5, 0.6) is 5.75 Å². The Morgan fingerprint density at radius 1 is 1.17 bits per heavy atom. The Balaban J connectivity index is 2.30. The number of ether oxygens (including phenoxy) is 1. The van der Waals surface area contributed by atoms with Crippen LogP contribution >= 0.6 is 0 Å². The smallest absolute Gasteiger partial charge is 0.224 e. The molecule has 3 heteroatoms. The number of hydrogen-bond donors (Lipinski definition) is 1. The molecule has 0 saturated carbocycles. The molecule has 0 bridgehead atoms. The van der Waals surface area contributed by atoms with E-state index in [-0.39, 0.29) is 5.91 Å². The van der Waals surface area contributed by atoms with Gasteiger partial charge in [-0.15, -0.1) is 0 Å². The van der Waals surface area contributed by atoms with Crippen molar-refractivity contribution in [2.75, 3.05) is 13.2 Å². The lowest BCUT2D eigenvalue weighted by Crippen LogP contribution is -2.26. The van der Waals surface area contributed by atoms with E-state index in [0.29, 0.717) is 13.0 Å². The third-order valence-corrected chi connectivity index (χ3v) is 2.70. The Morgan fingerprint density at radius 3 is 2.50 bits per heavy atom. The second kappa shape index (κ2) is 8.56. The van der Waals surface area contributed by atoms with Crippen LogP contribution in [0.3, 0.4) is 0 Å². The Bertz CT molecular complexity index is 346. The molecule has 1 aromatic rings. The van der Waals surface area contributed by atoms with E-state index in [4.69, 9.17) is 4.74 Å². The number of carbonyl (C=O) groups is 1. The molecule has 0 fully saturated rings. The largest absolute Gasteiger partial charge is 0.494 e. The highest BCUT2D eigenvalue weighted by Gasteiger charge is 2.02. The average molecular weight is 249 g/mol.